The first-order chi connectivity index (χ1) is 8.13. The van der Waals surface area contributed by atoms with E-state index >= 15 is 0 Å². The molecule has 0 radical (unpaired) electrons. The van der Waals surface area contributed by atoms with Crippen LogP contribution in [0.25, 0.3) is 0 Å². The lowest BCUT2D eigenvalue weighted by atomic mass is 11.2. The summed E-state index contributed by atoms with van der Waals surface area (Å²) in [6.07, 6.45) is 0. The van der Waals surface area contributed by atoms with Crippen LogP contribution in [0.2, 0.25) is 15.1 Å². The summed E-state index contributed by atoms with van der Waals surface area (Å²) in [7, 11) is 0. The maximum Gasteiger partial charge on any atom is 0.188 e. The Labute approximate surface area is 113 Å². The molecule has 0 saturated carbocycles. The summed E-state index contributed by atoms with van der Waals surface area (Å²) in [5, 5.41) is 1.47. The van der Waals surface area contributed by atoms with Crippen LogP contribution in [0.3, 0.4) is 0 Å². The van der Waals surface area contributed by atoms with Gasteiger partial charge in [0.25, 0.3) is 0 Å². The maximum atomic E-state index is 6.03. The third kappa shape index (κ3) is 1.93. The van der Waals surface area contributed by atoms with Crippen molar-refractivity contribution in [2.24, 2.45) is 0 Å². The molecule has 5 heteroatoms. The molecule has 0 fully saturated rings. The molecule has 1 heterocycles. The predicted octanol–water partition coefficient (Wildman–Crippen LogP) is 5.54. The Balaban J connectivity index is 2.14. The highest BCUT2D eigenvalue weighted by molar-refractivity contribution is 6.36. The molecule has 0 N–H and O–H groups in total. The van der Waals surface area contributed by atoms with E-state index in [0.29, 0.717) is 38.1 Å². The lowest BCUT2D eigenvalue weighted by Gasteiger charge is -2.21. The van der Waals surface area contributed by atoms with Crippen LogP contribution >= 0.6 is 34.8 Å². The van der Waals surface area contributed by atoms with Gasteiger partial charge in [0, 0.05) is 22.2 Å². The van der Waals surface area contributed by atoms with Gasteiger partial charge in [-0.3, -0.25) is 0 Å². The molecule has 0 spiro atoms. The minimum Gasteiger partial charge on any atom is -0.449 e. The minimum atomic E-state index is 0.410. The van der Waals surface area contributed by atoms with Crippen molar-refractivity contribution in [2.45, 2.75) is 0 Å². The Morgan fingerprint density at radius 2 is 1.47 bits per heavy atom. The topological polar surface area (TPSA) is 18.5 Å². The van der Waals surface area contributed by atoms with E-state index in [9.17, 15) is 0 Å². The molecule has 0 atom stereocenters. The smallest absolute Gasteiger partial charge is 0.188 e. The van der Waals surface area contributed by atoms with Crippen LogP contribution in [0.5, 0.6) is 23.0 Å². The molecule has 0 unspecified atom stereocenters. The number of halogens is 3. The third-order valence-electron chi connectivity index (χ3n) is 2.31. The fraction of sp³-hybridized carbons (Fsp3) is 0. The highest BCUT2D eigenvalue weighted by Crippen LogP contribution is 2.50. The van der Waals surface area contributed by atoms with Crippen LogP contribution in [0.15, 0.2) is 30.3 Å². The minimum absolute atomic E-state index is 0.410. The second-order valence-corrected chi connectivity index (χ2v) is 4.79. The van der Waals surface area contributed by atoms with Gasteiger partial charge >= 0.3 is 0 Å². The number of ether oxygens (including phenoxy) is 2. The molecule has 0 bridgehead atoms. The van der Waals surface area contributed by atoms with E-state index in [4.69, 9.17) is 44.3 Å². The number of hydrogen-bond acceptors (Lipinski definition) is 2. The summed E-state index contributed by atoms with van der Waals surface area (Å²) in [5.41, 5.74) is 0. The second kappa shape index (κ2) is 3.98. The lowest BCUT2D eigenvalue weighted by molar-refractivity contribution is 0.360. The number of rotatable bonds is 0. The first-order valence-corrected chi connectivity index (χ1v) is 5.91. The van der Waals surface area contributed by atoms with E-state index in [1.807, 2.05) is 0 Å². The zero-order chi connectivity index (χ0) is 12.0. The van der Waals surface area contributed by atoms with Crippen LogP contribution in [0.4, 0.5) is 0 Å². The molecule has 0 saturated heterocycles. The first kappa shape index (κ1) is 11.0. The summed E-state index contributed by atoms with van der Waals surface area (Å²) < 4.78 is 11.3. The Bertz CT molecular complexity index is 611. The van der Waals surface area contributed by atoms with Gasteiger partial charge in [0.15, 0.2) is 23.0 Å². The third-order valence-corrected chi connectivity index (χ3v) is 3.05. The van der Waals surface area contributed by atoms with Gasteiger partial charge in [-0.1, -0.05) is 34.8 Å². The fourth-order valence-corrected chi connectivity index (χ4v) is 2.26. The largest absolute Gasteiger partial charge is 0.449 e. The summed E-state index contributed by atoms with van der Waals surface area (Å²) in [4.78, 5) is 0. The van der Waals surface area contributed by atoms with E-state index in [1.165, 1.54) is 0 Å². The average Bonchev–Trinajstić information content (AvgIpc) is 2.26. The molecule has 86 valence electrons. The zero-order valence-electron chi connectivity index (χ0n) is 8.34. The van der Waals surface area contributed by atoms with Crippen molar-refractivity contribution < 1.29 is 9.47 Å². The highest BCUT2D eigenvalue weighted by Gasteiger charge is 2.22. The standard InChI is InChI=1S/C12H5Cl3O2/c13-6-1-2-9-10(4-6)16-11-5-7(14)3-8(15)12(11)17-9/h1-5H/i1+1,2+1,3+1,4+1,5+1,6+1,7+1,8+1,9+1,10+1,11+1,12+1. The molecular formula is C12H5Cl3O2. The fourth-order valence-electron chi connectivity index (χ4n) is 1.59. The van der Waals surface area contributed by atoms with Crippen LogP contribution in [-0.2, 0) is 0 Å². The number of benzene rings is 2. The molecule has 2 nitrogen and oxygen atoms in total. The Kier molecular flexibility index (Phi) is 2.58. The lowest BCUT2D eigenvalue weighted by Crippen LogP contribution is -1.99. The summed E-state index contributed by atoms with van der Waals surface area (Å²) in [6.45, 7) is 0. The van der Waals surface area contributed by atoms with Gasteiger partial charge in [-0.25, -0.2) is 0 Å². The van der Waals surface area contributed by atoms with E-state index < -0.39 is 0 Å². The van der Waals surface area contributed by atoms with E-state index in [1.54, 1.807) is 30.3 Å². The molecular weight excluding hydrogens is 294 g/mol. The molecule has 1 aliphatic heterocycles. The molecule has 0 aromatic heterocycles. The van der Waals surface area contributed by atoms with Gasteiger partial charge in [0.05, 0.1) is 5.02 Å². The van der Waals surface area contributed by atoms with Crippen LogP contribution < -0.4 is 9.47 Å². The van der Waals surface area contributed by atoms with Gasteiger partial charge in [0.1, 0.15) is 0 Å². The molecule has 0 aliphatic carbocycles. The van der Waals surface area contributed by atoms with Gasteiger partial charge in [-0.05, 0) is 18.2 Å². The van der Waals surface area contributed by atoms with Gasteiger partial charge < -0.3 is 9.47 Å². The molecule has 0 amide bonds. The maximum absolute atomic E-state index is 6.03. The molecule has 2 aromatic rings. The molecule has 3 rings (SSSR count). The van der Waals surface area contributed by atoms with Crippen LogP contribution in [0, 0.1) is 0 Å². The van der Waals surface area contributed by atoms with Crippen molar-refractivity contribution >= 4 is 34.8 Å². The SMILES string of the molecule is Cl[13c]1[13cH][13cH][13c]2[13c]([13cH]1)O[13c]1[13cH][13c](Cl)[13cH][13c](Cl)[13c]1O2. The van der Waals surface area contributed by atoms with E-state index in [0.717, 1.165) is 0 Å². The van der Waals surface area contributed by atoms with Gasteiger partial charge in [-0.2, -0.15) is 0 Å². The Morgan fingerprint density at radius 3 is 2.29 bits per heavy atom. The number of hydrogen-bond donors (Lipinski definition) is 0. The Morgan fingerprint density at radius 1 is 0.706 bits per heavy atom. The summed E-state index contributed by atoms with van der Waals surface area (Å²) >= 11 is 17.8. The summed E-state index contributed by atoms with van der Waals surface area (Å²) in [5.74, 6) is 2.07. The van der Waals surface area contributed by atoms with E-state index in [2.05, 4.69) is 0 Å². The predicted molar refractivity (Wildman–Crippen MR) is 68.1 cm³/mol. The van der Waals surface area contributed by atoms with Crippen molar-refractivity contribution in [1.82, 2.24) is 0 Å². The van der Waals surface area contributed by atoms with Crippen molar-refractivity contribution in [3.05, 3.63) is 45.4 Å². The van der Waals surface area contributed by atoms with Crippen molar-refractivity contribution in [3.8, 4) is 23.0 Å². The summed E-state index contributed by atoms with van der Waals surface area (Å²) in [6, 6.07) is 8.37. The van der Waals surface area contributed by atoms with Gasteiger partial charge in [-0.15, -0.1) is 0 Å². The van der Waals surface area contributed by atoms with Crippen molar-refractivity contribution in [2.75, 3.05) is 0 Å². The Hall–Kier alpha value is -1.09. The monoisotopic (exact) mass is 298 g/mol. The average molecular weight is 299 g/mol. The highest BCUT2D eigenvalue weighted by atomic mass is 35.5. The van der Waals surface area contributed by atoms with Crippen molar-refractivity contribution in [3.63, 3.8) is 0 Å². The van der Waals surface area contributed by atoms with Crippen molar-refractivity contribution in [1.29, 1.82) is 0 Å². The first-order valence-electron chi connectivity index (χ1n) is 4.78. The molecule has 17 heavy (non-hydrogen) atoms. The van der Waals surface area contributed by atoms with E-state index in [-0.39, 0.29) is 0 Å². The normalized spacial score (nSPS) is 12.2. The second-order valence-electron chi connectivity index (χ2n) is 3.51. The quantitative estimate of drug-likeness (QED) is 0.542. The van der Waals surface area contributed by atoms with Gasteiger partial charge in [0.2, 0.25) is 0 Å². The van der Waals surface area contributed by atoms with Crippen LogP contribution in [0.1, 0.15) is 0 Å². The zero-order valence-corrected chi connectivity index (χ0v) is 10.6. The molecule has 2 aromatic carbocycles. The molecule has 1 aliphatic rings. The van der Waals surface area contributed by atoms with Crippen LogP contribution in [-0.4, -0.2) is 0 Å². The number of fused-ring (bicyclic) bond motifs is 2.